The lowest BCUT2D eigenvalue weighted by molar-refractivity contribution is 0.474. The molecule has 1 heteroatoms. The molecule has 26 heavy (non-hydrogen) atoms. The van der Waals surface area contributed by atoms with E-state index in [2.05, 4.69) is 61.5 Å². The van der Waals surface area contributed by atoms with Crippen molar-refractivity contribution in [2.24, 2.45) is 0 Å². The van der Waals surface area contributed by atoms with Crippen LogP contribution in [0.5, 0.6) is 5.75 Å². The Bertz CT molecular complexity index is 1030. The average molecular weight is 338 g/mol. The van der Waals surface area contributed by atoms with Gasteiger partial charge in [0.1, 0.15) is 5.75 Å². The molecule has 4 rings (SSSR count). The molecule has 128 valence electrons. The number of rotatable bonds is 4. The van der Waals surface area contributed by atoms with E-state index in [1.54, 1.807) is 0 Å². The van der Waals surface area contributed by atoms with Gasteiger partial charge in [-0.05, 0) is 34.1 Å². The SMILES string of the molecule is CCCc1c(-c2ccccc2)c(-c2ccccc2)c2ccccc2c1O. The first kappa shape index (κ1) is 16.4. The fraction of sp³-hybridized carbons (Fsp3) is 0.120. The Hall–Kier alpha value is -3.06. The Balaban J connectivity index is 2.20. The smallest absolute Gasteiger partial charge is 0.127 e. The third-order valence-electron chi connectivity index (χ3n) is 4.91. The van der Waals surface area contributed by atoms with Gasteiger partial charge in [-0.3, -0.25) is 0 Å². The second-order valence-electron chi connectivity index (χ2n) is 6.60. The monoisotopic (exact) mass is 338 g/mol. The van der Waals surface area contributed by atoms with Gasteiger partial charge in [-0.1, -0.05) is 98.3 Å². The van der Waals surface area contributed by atoms with Crippen LogP contribution in [0.2, 0.25) is 0 Å². The zero-order valence-electron chi connectivity index (χ0n) is 14.9. The molecule has 1 nitrogen and oxygen atoms in total. The van der Waals surface area contributed by atoms with E-state index in [1.807, 2.05) is 30.3 Å². The summed E-state index contributed by atoms with van der Waals surface area (Å²) in [7, 11) is 0. The van der Waals surface area contributed by atoms with E-state index < -0.39 is 0 Å². The maximum Gasteiger partial charge on any atom is 0.127 e. The summed E-state index contributed by atoms with van der Waals surface area (Å²) in [6.45, 7) is 2.16. The van der Waals surface area contributed by atoms with Crippen molar-refractivity contribution in [3.8, 4) is 28.0 Å². The van der Waals surface area contributed by atoms with Gasteiger partial charge >= 0.3 is 0 Å². The highest BCUT2D eigenvalue weighted by Gasteiger charge is 2.20. The third kappa shape index (κ3) is 2.76. The van der Waals surface area contributed by atoms with E-state index in [1.165, 1.54) is 11.1 Å². The number of phenolic OH excluding ortho intramolecular Hbond substituents is 1. The largest absolute Gasteiger partial charge is 0.507 e. The van der Waals surface area contributed by atoms with Crippen molar-refractivity contribution in [3.63, 3.8) is 0 Å². The molecule has 0 heterocycles. The number of fused-ring (bicyclic) bond motifs is 1. The second kappa shape index (κ2) is 7.05. The number of phenols is 1. The summed E-state index contributed by atoms with van der Waals surface area (Å²) in [6.07, 6.45) is 1.83. The predicted octanol–water partition coefficient (Wildman–Crippen LogP) is 6.83. The summed E-state index contributed by atoms with van der Waals surface area (Å²) in [5.74, 6) is 0.418. The molecule has 0 aliphatic heterocycles. The Kier molecular flexibility index (Phi) is 4.45. The van der Waals surface area contributed by atoms with Crippen LogP contribution >= 0.6 is 0 Å². The highest BCUT2D eigenvalue weighted by Crippen LogP contribution is 2.46. The minimum atomic E-state index is 0.418. The van der Waals surface area contributed by atoms with Crippen molar-refractivity contribution in [1.29, 1.82) is 0 Å². The van der Waals surface area contributed by atoms with Crippen LogP contribution < -0.4 is 0 Å². The predicted molar refractivity (Wildman–Crippen MR) is 110 cm³/mol. The molecule has 0 radical (unpaired) electrons. The van der Waals surface area contributed by atoms with Crippen LogP contribution in [0.1, 0.15) is 18.9 Å². The maximum atomic E-state index is 11.1. The molecule has 0 aliphatic rings. The summed E-state index contributed by atoms with van der Waals surface area (Å²) in [6, 6.07) is 29.1. The lowest BCUT2D eigenvalue weighted by Gasteiger charge is -2.20. The zero-order valence-corrected chi connectivity index (χ0v) is 14.9. The van der Waals surface area contributed by atoms with Crippen LogP contribution in [0.3, 0.4) is 0 Å². The standard InChI is InChI=1S/C25H22O/c1-2-11-22-24(19-14-7-4-8-15-19)23(18-12-5-3-6-13-18)20-16-9-10-17-21(20)25(22)26/h3-10,12-17,26H,2,11H2,1H3. The molecule has 0 amide bonds. The zero-order chi connectivity index (χ0) is 17.9. The molecule has 0 fully saturated rings. The summed E-state index contributed by atoms with van der Waals surface area (Å²) in [5.41, 5.74) is 5.72. The van der Waals surface area contributed by atoms with Crippen LogP contribution in [0.4, 0.5) is 0 Å². The van der Waals surface area contributed by atoms with Gasteiger partial charge in [-0.2, -0.15) is 0 Å². The van der Waals surface area contributed by atoms with Gasteiger partial charge in [0, 0.05) is 10.9 Å². The van der Waals surface area contributed by atoms with Crippen molar-refractivity contribution in [1.82, 2.24) is 0 Å². The quantitative estimate of drug-likeness (QED) is 0.432. The average Bonchev–Trinajstić information content (AvgIpc) is 2.71. The molecule has 0 bridgehead atoms. The van der Waals surface area contributed by atoms with Crippen LogP contribution in [-0.2, 0) is 6.42 Å². The molecule has 0 unspecified atom stereocenters. The Morgan fingerprint density at radius 1 is 0.615 bits per heavy atom. The number of benzene rings is 4. The molecule has 0 aliphatic carbocycles. The maximum absolute atomic E-state index is 11.1. The molecule has 1 N–H and O–H groups in total. The highest BCUT2D eigenvalue weighted by molar-refractivity contribution is 6.08. The molecular weight excluding hydrogens is 316 g/mol. The topological polar surface area (TPSA) is 20.2 Å². The highest BCUT2D eigenvalue weighted by atomic mass is 16.3. The summed E-state index contributed by atoms with van der Waals surface area (Å²) in [5, 5.41) is 13.1. The van der Waals surface area contributed by atoms with Crippen molar-refractivity contribution < 1.29 is 5.11 Å². The molecule has 0 atom stereocenters. The van der Waals surface area contributed by atoms with Gasteiger partial charge in [-0.25, -0.2) is 0 Å². The van der Waals surface area contributed by atoms with Gasteiger partial charge in [-0.15, -0.1) is 0 Å². The molecule has 4 aromatic rings. The Morgan fingerprint density at radius 2 is 1.12 bits per heavy atom. The van der Waals surface area contributed by atoms with Gasteiger partial charge in [0.05, 0.1) is 0 Å². The Labute approximate surface area is 154 Å². The van der Waals surface area contributed by atoms with Gasteiger partial charge in [0.15, 0.2) is 0 Å². The molecule has 0 saturated carbocycles. The normalized spacial score (nSPS) is 11.0. The molecule has 0 saturated heterocycles. The fourth-order valence-electron chi connectivity index (χ4n) is 3.80. The molecular formula is C25H22O. The van der Waals surface area contributed by atoms with E-state index in [0.29, 0.717) is 5.75 Å². The number of aromatic hydroxyl groups is 1. The van der Waals surface area contributed by atoms with Crippen molar-refractivity contribution in [3.05, 3.63) is 90.5 Å². The van der Waals surface area contributed by atoms with Gasteiger partial charge in [0.25, 0.3) is 0 Å². The number of hydrogen-bond donors (Lipinski definition) is 1. The first-order valence-corrected chi connectivity index (χ1v) is 9.18. The Morgan fingerprint density at radius 3 is 1.69 bits per heavy atom. The molecule has 4 aromatic carbocycles. The number of hydrogen-bond acceptors (Lipinski definition) is 1. The second-order valence-corrected chi connectivity index (χ2v) is 6.60. The van der Waals surface area contributed by atoms with Gasteiger partial charge < -0.3 is 5.11 Å². The molecule has 0 aromatic heterocycles. The van der Waals surface area contributed by atoms with Crippen molar-refractivity contribution >= 4 is 10.8 Å². The first-order chi connectivity index (χ1) is 12.8. The van der Waals surface area contributed by atoms with E-state index in [0.717, 1.165) is 40.3 Å². The molecule has 0 spiro atoms. The van der Waals surface area contributed by atoms with Crippen LogP contribution in [-0.4, -0.2) is 5.11 Å². The minimum absolute atomic E-state index is 0.418. The summed E-state index contributed by atoms with van der Waals surface area (Å²) < 4.78 is 0. The minimum Gasteiger partial charge on any atom is -0.507 e. The lowest BCUT2D eigenvalue weighted by Crippen LogP contribution is -1.97. The van der Waals surface area contributed by atoms with E-state index >= 15 is 0 Å². The van der Waals surface area contributed by atoms with E-state index in [9.17, 15) is 5.11 Å². The lowest BCUT2D eigenvalue weighted by atomic mass is 9.84. The fourth-order valence-corrected chi connectivity index (χ4v) is 3.80. The van der Waals surface area contributed by atoms with Crippen LogP contribution in [0.15, 0.2) is 84.9 Å². The summed E-state index contributed by atoms with van der Waals surface area (Å²) in [4.78, 5) is 0. The van der Waals surface area contributed by atoms with Crippen LogP contribution in [0.25, 0.3) is 33.0 Å². The summed E-state index contributed by atoms with van der Waals surface area (Å²) >= 11 is 0. The third-order valence-corrected chi connectivity index (χ3v) is 4.91. The first-order valence-electron chi connectivity index (χ1n) is 9.18. The van der Waals surface area contributed by atoms with Crippen LogP contribution in [0, 0.1) is 0 Å². The van der Waals surface area contributed by atoms with Crippen molar-refractivity contribution in [2.45, 2.75) is 19.8 Å². The van der Waals surface area contributed by atoms with Gasteiger partial charge in [0.2, 0.25) is 0 Å². The van der Waals surface area contributed by atoms with E-state index in [-0.39, 0.29) is 0 Å². The van der Waals surface area contributed by atoms with Crippen molar-refractivity contribution in [2.75, 3.05) is 0 Å². The van der Waals surface area contributed by atoms with E-state index in [4.69, 9.17) is 0 Å².